The number of fused-ring (bicyclic) bond motifs is 2. The highest BCUT2D eigenvalue weighted by Crippen LogP contribution is 2.66. The monoisotopic (exact) mass is 462 g/mol. The fraction of sp³-hybridized carbons (Fsp3) is 0.800. The molecule has 1 aromatic rings. The molecule has 1 N–H and O–H groups in total. The summed E-state index contributed by atoms with van der Waals surface area (Å²) in [6.07, 6.45) is -1.33. The number of aromatic nitrogens is 2. The van der Waals surface area contributed by atoms with E-state index in [9.17, 15) is 26.7 Å². The Morgan fingerprint density at radius 1 is 1.23 bits per heavy atom. The van der Waals surface area contributed by atoms with E-state index in [1.807, 2.05) is 0 Å². The van der Waals surface area contributed by atoms with E-state index < -0.39 is 33.3 Å². The van der Waals surface area contributed by atoms with Gasteiger partial charge in [-0.3, -0.25) is 0 Å². The van der Waals surface area contributed by atoms with Crippen molar-refractivity contribution >= 4 is 16.0 Å². The summed E-state index contributed by atoms with van der Waals surface area (Å²) in [5.74, 6) is 0.418. The molecule has 0 radical (unpaired) electrons. The number of aliphatic hydroxyl groups excluding tert-OH is 1. The number of nitrogens with zero attached hydrogens (tertiary/aromatic N) is 4. The van der Waals surface area contributed by atoms with Gasteiger partial charge in [-0.25, -0.2) is 18.4 Å². The number of sulfonamides is 1. The lowest BCUT2D eigenvalue weighted by molar-refractivity contribution is -0.138. The fourth-order valence-corrected chi connectivity index (χ4v) is 8.23. The van der Waals surface area contributed by atoms with Gasteiger partial charge in [0.1, 0.15) is 0 Å². The number of alkyl halides is 3. The van der Waals surface area contributed by atoms with Gasteiger partial charge in [0.25, 0.3) is 0 Å². The average Bonchev–Trinajstić information content (AvgIpc) is 3.01. The molecule has 3 fully saturated rings. The van der Waals surface area contributed by atoms with Crippen molar-refractivity contribution in [1.82, 2.24) is 14.3 Å². The minimum atomic E-state index is -4.51. The van der Waals surface area contributed by atoms with Crippen LogP contribution in [0.2, 0.25) is 0 Å². The van der Waals surface area contributed by atoms with Crippen LogP contribution in [0.1, 0.15) is 45.6 Å². The van der Waals surface area contributed by atoms with E-state index in [0.717, 1.165) is 18.8 Å². The zero-order valence-electron chi connectivity index (χ0n) is 17.9. The van der Waals surface area contributed by atoms with Crippen LogP contribution < -0.4 is 4.90 Å². The Labute approximate surface area is 180 Å². The number of rotatable bonds is 4. The van der Waals surface area contributed by atoms with Crippen molar-refractivity contribution in [3.05, 3.63) is 18.0 Å². The molecule has 2 saturated carbocycles. The lowest BCUT2D eigenvalue weighted by Gasteiger charge is -2.43. The second-order valence-corrected chi connectivity index (χ2v) is 11.8. The van der Waals surface area contributed by atoms with Crippen LogP contribution in [0.15, 0.2) is 12.4 Å². The van der Waals surface area contributed by atoms with E-state index in [0.29, 0.717) is 18.8 Å². The predicted octanol–water partition coefficient (Wildman–Crippen LogP) is 2.52. The van der Waals surface area contributed by atoms with Gasteiger partial charge >= 0.3 is 6.18 Å². The molecule has 31 heavy (non-hydrogen) atoms. The van der Waals surface area contributed by atoms with Crippen LogP contribution in [0.5, 0.6) is 0 Å². The van der Waals surface area contributed by atoms with Gasteiger partial charge in [-0.2, -0.15) is 17.5 Å². The molecule has 4 rings (SSSR count). The number of halogens is 3. The highest BCUT2D eigenvalue weighted by Gasteiger charge is 2.65. The van der Waals surface area contributed by atoms with Crippen molar-refractivity contribution in [2.75, 3.05) is 30.3 Å². The Kier molecular flexibility index (Phi) is 5.33. The molecule has 2 heterocycles. The lowest BCUT2D eigenvalue weighted by atomic mass is 9.70. The van der Waals surface area contributed by atoms with E-state index in [1.54, 1.807) is 11.8 Å². The third-order valence-corrected chi connectivity index (χ3v) is 10.0. The summed E-state index contributed by atoms with van der Waals surface area (Å²) < 4.78 is 66.4. The van der Waals surface area contributed by atoms with Gasteiger partial charge in [-0.05, 0) is 37.5 Å². The summed E-state index contributed by atoms with van der Waals surface area (Å²) in [7, 11) is -3.62. The Morgan fingerprint density at radius 3 is 2.35 bits per heavy atom. The van der Waals surface area contributed by atoms with E-state index in [4.69, 9.17) is 0 Å². The average molecular weight is 463 g/mol. The van der Waals surface area contributed by atoms with Crippen LogP contribution in [0.3, 0.4) is 0 Å². The summed E-state index contributed by atoms with van der Waals surface area (Å²) in [5.41, 5.74) is -1.79. The number of piperazine rings is 1. The largest absolute Gasteiger partial charge is 0.419 e. The molecule has 1 aromatic heterocycles. The van der Waals surface area contributed by atoms with Gasteiger partial charge in [-0.15, -0.1) is 0 Å². The molecule has 0 amide bonds. The first kappa shape index (κ1) is 22.7. The Bertz CT molecular complexity index is 938. The summed E-state index contributed by atoms with van der Waals surface area (Å²) in [6.45, 7) is 6.63. The van der Waals surface area contributed by atoms with Crippen molar-refractivity contribution < 1.29 is 26.7 Å². The molecule has 1 saturated heterocycles. The second kappa shape index (κ2) is 7.28. The maximum atomic E-state index is 13.3. The smallest absolute Gasteiger partial charge is 0.392 e. The third-order valence-electron chi connectivity index (χ3n) is 8.03. The molecule has 0 aromatic carbocycles. The van der Waals surface area contributed by atoms with E-state index >= 15 is 0 Å². The number of aliphatic hydroxyl groups is 1. The molecule has 4 atom stereocenters. The summed E-state index contributed by atoms with van der Waals surface area (Å²) in [6, 6.07) is -0.296. The minimum Gasteiger partial charge on any atom is -0.392 e. The fourth-order valence-electron chi connectivity index (χ4n) is 5.89. The second-order valence-electron chi connectivity index (χ2n) is 9.79. The van der Waals surface area contributed by atoms with Gasteiger partial charge in [0, 0.05) is 43.5 Å². The van der Waals surface area contributed by atoms with E-state index in [2.05, 4.69) is 23.8 Å². The molecule has 0 unspecified atom stereocenters. The van der Waals surface area contributed by atoms with Crippen molar-refractivity contribution in [2.24, 2.45) is 16.7 Å². The number of hydrogen-bond donors (Lipinski definition) is 1. The Hall–Kier alpha value is -1.46. The summed E-state index contributed by atoms with van der Waals surface area (Å²) in [4.78, 5) is 9.41. The summed E-state index contributed by atoms with van der Waals surface area (Å²) >= 11 is 0. The van der Waals surface area contributed by atoms with Crippen molar-refractivity contribution in [1.29, 1.82) is 0 Å². The van der Waals surface area contributed by atoms with Crippen LogP contribution in [0.25, 0.3) is 0 Å². The lowest BCUT2D eigenvalue weighted by Crippen LogP contribution is -2.56. The number of hydrogen-bond acceptors (Lipinski definition) is 6. The number of anilines is 1. The van der Waals surface area contributed by atoms with Gasteiger partial charge in [-0.1, -0.05) is 13.8 Å². The molecule has 0 spiro atoms. The van der Waals surface area contributed by atoms with E-state index in [1.165, 1.54) is 4.31 Å². The molecule has 7 nitrogen and oxygen atoms in total. The zero-order chi connectivity index (χ0) is 22.8. The Morgan fingerprint density at radius 2 is 1.87 bits per heavy atom. The quantitative estimate of drug-likeness (QED) is 0.740. The van der Waals surface area contributed by atoms with Crippen molar-refractivity contribution in [3.63, 3.8) is 0 Å². The van der Waals surface area contributed by atoms with Crippen LogP contribution in [-0.4, -0.2) is 65.3 Å². The van der Waals surface area contributed by atoms with Gasteiger partial charge in [0.2, 0.25) is 16.0 Å². The Balaban J connectivity index is 1.47. The van der Waals surface area contributed by atoms with Crippen LogP contribution in [-0.2, 0) is 16.2 Å². The topological polar surface area (TPSA) is 86.6 Å². The first-order valence-corrected chi connectivity index (χ1v) is 12.2. The zero-order valence-corrected chi connectivity index (χ0v) is 18.7. The molecule has 1 aliphatic heterocycles. The molecular weight excluding hydrogens is 433 g/mol. The standard InChI is InChI=1S/C20H29F3N4O3S/c1-13-11-26(6-7-27(13)17-24-9-15(10-25-17)20(21,22)23)31(29,30)12-19-5-4-14(8-16(19)28)18(19,2)3/h9-10,13-14,16,28H,4-8,11-12H2,1-3H3/t13-,14-,16-,19+/m0/s1. The highest BCUT2D eigenvalue weighted by atomic mass is 32.2. The molecule has 2 aliphatic carbocycles. The van der Waals surface area contributed by atoms with Gasteiger partial charge < -0.3 is 10.0 Å². The van der Waals surface area contributed by atoms with Gasteiger partial charge in [0.15, 0.2) is 0 Å². The molecule has 174 valence electrons. The normalized spacial score (nSPS) is 33.8. The maximum Gasteiger partial charge on any atom is 0.419 e. The SMILES string of the molecule is C[C@H]1CN(S(=O)(=O)C[C@]23CC[C@@H](C[C@@H]2O)C3(C)C)CCN1c1ncc(C(F)(F)F)cn1. The van der Waals surface area contributed by atoms with Crippen molar-refractivity contribution in [3.8, 4) is 0 Å². The van der Waals surface area contributed by atoms with Crippen molar-refractivity contribution in [2.45, 2.75) is 58.4 Å². The molecule has 2 bridgehead atoms. The highest BCUT2D eigenvalue weighted by molar-refractivity contribution is 7.89. The minimum absolute atomic E-state index is 0.0752. The predicted molar refractivity (Wildman–Crippen MR) is 109 cm³/mol. The molecule has 3 aliphatic rings. The van der Waals surface area contributed by atoms with Crippen LogP contribution in [0.4, 0.5) is 19.1 Å². The third kappa shape index (κ3) is 3.62. The maximum absolute atomic E-state index is 13.3. The first-order chi connectivity index (χ1) is 14.3. The van der Waals surface area contributed by atoms with E-state index in [-0.39, 0.29) is 42.8 Å². The van der Waals surface area contributed by atoms with Crippen LogP contribution in [0, 0.1) is 16.7 Å². The molecule has 11 heteroatoms. The van der Waals surface area contributed by atoms with Gasteiger partial charge in [0.05, 0.1) is 17.4 Å². The van der Waals surface area contributed by atoms with Crippen LogP contribution >= 0.6 is 0 Å². The molecular formula is C20H29F3N4O3S. The summed E-state index contributed by atoms with van der Waals surface area (Å²) in [5, 5.41) is 10.7. The first-order valence-electron chi connectivity index (χ1n) is 10.6.